The Morgan fingerprint density at radius 3 is 2.41 bits per heavy atom. The topological polar surface area (TPSA) is 58.6 Å². The fourth-order valence-corrected chi connectivity index (χ4v) is 3.56. The SMILES string of the molecule is O=C(CCOc1ccccc1)NC1CCN(C(=O)c2ccccc2Br)CC1. The Labute approximate surface area is 167 Å². The molecule has 2 aromatic carbocycles. The second-order valence-corrected chi connectivity index (χ2v) is 7.38. The molecule has 1 saturated heterocycles. The van der Waals surface area contributed by atoms with Crippen molar-refractivity contribution in [2.45, 2.75) is 25.3 Å². The first-order valence-corrected chi connectivity index (χ1v) is 9.94. The van der Waals surface area contributed by atoms with E-state index in [0.29, 0.717) is 31.7 Å². The molecular weight excluding hydrogens is 408 g/mol. The number of carbonyl (C=O) groups excluding carboxylic acids is 2. The molecular formula is C21H23BrN2O3. The second-order valence-electron chi connectivity index (χ2n) is 6.53. The molecule has 0 aromatic heterocycles. The first-order chi connectivity index (χ1) is 13.1. The fourth-order valence-electron chi connectivity index (χ4n) is 3.11. The highest BCUT2D eigenvalue weighted by atomic mass is 79.9. The van der Waals surface area contributed by atoms with Gasteiger partial charge in [0, 0.05) is 23.6 Å². The van der Waals surface area contributed by atoms with Crippen molar-refractivity contribution in [3.8, 4) is 5.75 Å². The minimum absolute atomic E-state index is 0.0125. The molecule has 0 radical (unpaired) electrons. The first-order valence-electron chi connectivity index (χ1n) is 9.14. The van der Waals surface area contributed by atoms with Crippen LogP contribution in [-0.2, 0) is 4.79 Å². The third kappa shape index (κ3) is 5.57. The Bertz CT molecular complexity index is 774. The lowest BCUT2D eigenvalue weighted by molar-refractivity contribution is -0.122. The number of likely N-dealkylation sites (tertiary alicyclic amines) is 1. The van der Waals surface area contributed by atoms with Gasteiger partial charge in [-0.25, -0.2) is 0 Å². The summed E-state index contributed by atoms with van der Waals surface area (Å²) in [5.41, 5.74) is 0.679. The second kappa shape index (κ2) is 9.55. The van der Waals surface area contributed by atoms with E-state index in [1.54, 1.807) is 0 Å². The van der Waals surface area contributed by atoms with Gasteiger partial charge in [-0.1, -0.05) is 30.3 Å². The molecule has 0 atom stereocenters. The zero-order valence-electron chi connectivity index (χ0n) is 15.1. The van der Waals surface area contributed by atoms with E-state index in [-0.39, 0.29) is 17.9 Å². The molecule has 142 valence electrons. The van der Waals surface area contributed by atoms with Gasteiger partial charge in [-0.05, 0) is 53.0 Å². The molecule has 2 aromatic rings. The van der Waals surface area contributed by atoms with Crippen molar-refractivity contribution in [3.63, 3.8) is 0 Å². The van der Waals surface area contributed by atoms with E-state index in [1.165, 1.54) is 0 Å². The van der Waals surface area contributed by atoms with Crippen molar-refractivity contribution in [1.29, 1.82) is 0 Å². The van der Waals surface area contributed by atoms with E-state index in [2.05, 4.69) is 21.2 Å². The van der Waals surface area contributed by atoms with Crippen molar-refractivity contribution >= 4 is 27.7 Å². The summed E-state index contributed by atoms with van der Waals surface area (Å²) in [6.45, 7) is 1.65. The van der Waals surface area contributed by atoms with E-state index in [9.17, 15) is 9.59 Å². The maximum absolute atomic E-state index is 12.6. The molecule has 0 spiro atoms. The Hall–Kier alpha value is -2.34. The normalized spacial score (nSPS) is 14.6. The van der Waals surface area contributed by atoms with Crippen molar-refractivity contribution in [2.75, 3.05) is 19.7 Å². The van der Waals surface area contributed by atoms with Gasteiger partial charge >= 0.3 is 0 Å². The maximum atomic E-state index is 12.6. The minimum atomic E-state index is -0.0125. The molecule has 3 rings (SSSR count). The Kier molecular flexibility index (Phi) is 6.87. The largest absolute Gasteiger partial charge is 0.493 e. The third-order valence-corrected chi connectivity index (χ3v) is 5.28. The number of amides is 2. The van der Waals surface area contributed by atoms with Gasteiger partial charge in [0.25, 0.3) is 5.91 Å². The average Bonchev–Trinajstić information content (AvgIpc) is 2.69. The number of halogens is 1. The lowest BCUT2D eigenvalue weighted by atomic mass is 10.0. The molecule has 1 aliphatic heterocycles. The number of nitrogens with one attached hydrogen (secondary N) is 1. The number of hydrogen-bond acceptors (Lipinski definition) is 3. The van der Waals surface area contributed by atoms with Crippen molar-refractivity contribution < 1.29 is 14.3 Å². The summed E-state index contributed by atoms with van der Waals surface area (Å²) >= 11 is 3.43. The van der Waals surface area contributed by atoms with Gasteiger partial charge in [0.05, 0.1) is 18.6 Å². The summed E-state index contributed by atoms with van der Waals surface area (Å²) in [6, 6.07) is 17.0. The first kappa shape index (κ1) is 19.4. The quantitative estimate of drug-likeness (QED) is 0.760. The van der Waals surface area contributed by atoms with Crippen molar-refractivity contribution in [2.24, 2.45) is 0 Å². The van der Waals surface area contributed by atoms with Crippen LogP contribution in [0.25, 0.3) is 0 Å². The van der Waals surface area contributed by atoms with Crippen LogP contribution in [0.4, 0.5) is 0 Å². The highest BCUT2D eigenvalue weighted by molar-refractivity contribution is 9.10. The van der Waals surface area contributed by atoms with Crippen molar-refractivity contribution in [3.05, 3.63) is 64.6 Å². The summed E-state index contributed by atoms with van der Waals surface area (Å²) < 4.78 is 6.37. The Morgan fingerprint density at radius 2 is 1.70 bits per heavy atom. The number of piperidine rings is 1. The zero-order chi connectivity index (χ0) is 19.1. The minimum Gasteiger partial charge on any atom is -0.493 e. The van der Waals surface area contributed by atoms with Crippen LogP contribution in [0.1, 0.15) is 29.6 Å². The lowest BCUT2D eigenvalue weighted by Gasteiger charge is -2.32. The molecule has 0 aliphatic carbocycles. The monoisotopic (exact) mass is 430 g/mol. The number of rotatable bonds is 6. The fraction of sp³-hybridized carbons (Fsp3) is 0.333. The summed E-state index contributed by atoms with van der Waals surface area (Å²) in [4.78, 5) is 26.6. The molecule has 1 aliphatic rings. The summed E-state index contributed by atoms with van der Waals surface area (Å²) in [5, 5.41) is 3.05. The molecule has 0 unspecified atom stereocenters. The smallest absolute Gasteiger partial charge is 0.254 e. The highest BCUT2D eigenvalue weighted by Gasteiger charge is 2.25. The molecule has 1 N–H and O–H groups in total. The van der Waals surface area contributed by atoms with E-state index >= 15 is 0 Å². The summed E-state index contributed by atoms with van der Waals surface area (Å²) in [6.07, 6.45) is 1.86. The summed E-state index contributed by atoms with van der Waals surface area (Å²) in [7, 11) is 0. The van der Waals surface area contributed by atoms with Gasteiger partial charge < -0.3 is 15.0 Å². The van der Waals surface area contributed by atoms with Crippen LogP contribution in [0, 0.1) is 0 Å². The van der Waals surface area contributed by atoms with Gasteiger partial charge in [0.15, 0.2) is 0 Å². The average molecular weight is 431 g/mol. The molecule has 0 bridgehead atoms. The Morgan fingerprint density at radius 1 is 1.04 bits per heavy atom. The van der Waals surface area contributed by atoms with Crippen LogP contribution in [0.5, 0.6) is 5.75 Å². The van der Waals surface area contributed by atoms with E-state index in [4.69, 9.17) is 4.74 Å². The van der Waals surface area contributed by atoms with Gasteiger partial charge in [-0.2, -0.15) is 0 Å². The van der Waals surface area contributed by atoms with Crippen LogP contribution in [0.15, 0.2) is 59.1 Å². The number of benzene rings is 2. The van der Waals surface area contributed by atoms with E-state index in [0.717, 1.165) is 23.1 Å². The Balaban J connectivity index is 1.39. The van der Waals surface area contributed by atoms with Crippen LogP contribution in [-0.4, -0.2) is 42.5 Å². The number of hydrogen-bond donors (Lipinski definition) is 1. The predicted molar refractivity (Wildman–Crippen MR) is 108 cm³/mol. The molecule has 1 heterocycles. The number of ether oxygens (including phenoxy) is 1. The van der Waals surface area contributed by atoms with Crippen LogP contribution in [0.3, 0.4) is 0 Å². The maximum Gasteiger partial charge on any atom is 0.254 e. The molecule has 5 nitrogen and oxygen atoms in total. The number of carbonyl (C=O) groups is 2. The third-order valence-electron chi connectivity index (χ3n) is 4.59. The predicted octanol–water partition coefficient (Wildman–Crippen LogP) is 3.64. The number of nitrogens with zero attached hydrogens (tertiary/aromatic N) is 1. The van der Waals surface area contributed by atoms with Gasteiger partial charge in [0.1, 0.15) is 5.75 Å². The van der Waals surface area contributed by atoms with Crippen LogP contribution >= 0.6 is 15.9 Å². The lowest BCUT2D eigenvalue weighted by Crippen LogP contribution is -2.46. The van der Waals surface area contributed by atoms with E-state index < -0.39 is 0 Å². The van der Waals surface area contributed by atoms with E-state index in [1.807, 2.05) is 59.5 Å². The molecule has 0 saturated carbocycles. The molecule has 6 heteroatoms. The number of para-hydroxylation sites is 1. The van der Waals surface area contributed by atoms with Gasteiger partial charge in [-0.15, -0.1) is 0 Å². The molecule has 1 fully saturated rings. The standard InChI is InChI=1S/C21H23BrN2O3/c22-19-9-5-4-8-18(19)21(26)24-13-10-16(11-14-24)23-20(25)12-15-27-17-6-2-1-3-7-17/h1-9,16H,10-15H2,(H,23,25). The van der Waals surface area contributed by atoms with Gasteiger partial charge in [-0.3, -0.25) is 9.59 Å². The summed E-state index contributed by atoms with van der Waals surface area (Å²) in [5.74, 6) is 0.786. The molecule has 27 heavy (non-hydrogen) atoms. The van der Waals surface area contributed by atoms with Crippen LogP contribution in [0.2, 0.25) is 0 Å². The highest BCUT2D eigenvalue weighted by Crippen LogP contribution is 2.20. The zero-order valence-corrected chi connectivity index (χ0v) is 16.7. The van der Waals surface area contributed by atoms with Gasteiger partial charge in [0.2, 0.25) is 5.91 Å². The molecule has 2 amide bonds. The van der Waals surface area contributed by atoms with Crippen molar-refractivity contribution in [1.82, 2.24) is 10.2 Å². The van der Waals surface area contributed by atoms with Crippen LogP contribution < -0.4 is 10.1 Å².